The van der Waals surface area contributed by atoms with Crippen LogP contribution in [0.3, 0.4) is 0 Å². The second-order valence-electron chi connectivity index (χ2n) is 20.1. The molecule has 14 rings (SSSR count). The minimum Gasteiger partial charge on any atom is -0.310 e. The standard InChI is InChI=1S/C62H53N/c1-60(2)54-23-13-12-22-52(54)53-32-30-50(39-58(53)60)63(49-28-26-44(27-29-49)43-16-6-3-7-17-43)51-31-33-57-59(40-51)62(47-35-41-34-42(37-47)38-48(62)36-41)56-25-15-14-24-55(56)61(57,45-18-8-4-9-19-45)46-20-10-5-11-21-46/h3-33,39-42,47-48H,34-38H2,1-2H3. The fourth-order valence-electron chi connectivity index (χ4n) is 14.5. The Hall–Kier alpha value is -6.44. The topological polar surface area (TPSA) is 3.24 Å². The average molecular weight is 812 g/mol. The number of fused-ring (bicyclic) bond motifs is 5. The third-order valence-electron chi connectivity index (χ3n) is 16.8. The van der Waals surface area contributed by atoms with E-state index < -0.39 is 5.41 Å². The summed E-state index contributed by atoms with van der Waals surface area (Å²) in [6, 6.07) is 76.8. The fraction of sp³-hybridized carbons (Fsp3) is 0.226. The van der Waals surface area contributed by atoms with Gasteiger partial charge in [0.05, 0.1) is 5.41 Å². The van der Waals surface area contributed by atoms with Crippen LogP contribution in [0.1, 0.15) is 90.5 Å². The van der Waals surface area contributed by atoms with Gasteiger partial charge in [-0.2, -0.15) is 0 Å². The highest BCUT2D eigenvalue weighted by molar-refractivity contribution is 5.87. The zero-order valence-corrected chi connectivity index (χ0v) is 36.3. The summed E-state index contributed by atoms with van der Waals surface area (Å²) < 4.78 is 0. The zero-order valence-electron chi connectivity index (χ0n) is 36.3. The van der Waals surface area contributed by atoms with Crippen LogP contribution in [-0.2, 0) is 16.2 Å². The molecular weight excluding hydrogens is 759 g/mol. The molecule has 8 aromatic carbocycles. The van der Waals surface area contributed by atoms with Crippen LogP contribution in [0.2, 0.25) is 0 Å². The van der Waals surface area contributed by atoms with Crippen molar-refractivity contribution in [2.24, 2.45) is 23.7 Å². The Morgan fingerprint density at radius 3 is 1.46 bits per heavy atom. The van der Waals surface area contributed by atoms with Crippen molar-refractivity contribution in [3.05, 3.63) is 245 Å². The van der Waals surface area contributed by atoms with Crippen molar-refractivity contribution in [3.63, 3.8) is 0 Å². The molecule has 4 fully saturated rings. The Morgan fingerprint density at radius 2 is 0.825 bits per heavy atom. The van der Waals surface area contributed by atoms with Crippen LogP contribution in [0, 0.1) is 23.7 Å². The largest absolute Gasteiger partial charge is 0.310 e. The summed E-state index contributed by atoms with van der Waals surface area (Å²) in [6.45, 7) is 4.80. The molecule has 4 saturated carbocycles. The minimum absolute atomic E-state index is 0.0627. The molecule has 1 spiro atoms. The van der Waals surface area contributed by atoms with Gasteiger partial charge in [0.15, 0.2) is 0 Å². The lowest BCUT2D eigenvalue weighted by Crippen LogP contribution is -2.59. The lowest BCUT2D eigenvalue weighted by Gasteiger charge is -2.65. The molecule has 0 aromatic heterocycles. The number of benzene rings is 8. The van der Waals surface area contributed by atoms with Crippen LogP contribution in [-0.4, -0.2) is 0 Å². The summed E-state index contributed by atoms with van der Waals surface area (Å²) in [5.41, 5.74) is 19.7. The number of nitrogens with zero attached hydrogens (tertiary/aromatic N) is 1. The molecular formula is C62H53N. The monoisotopic (exact) mass is 811 g/mol. The van der Waals surface area contributed by atoms with Crippen LogP contribution < -0.4 is 4.90 Å². The quantitative estimate of drug-likeness (QED) is 0.162. The normalized spacial score (nSPS) is 23.7. The van der Waals surface area contributed by atoms with E-state index in [0.29, 0.717) is 11.8 Å². The van der Waals surface area contributed by atoms with E-state index in [1.54, 1.807) is 11.1 Å². The van der Waals surface area contributed by atoms with Gasteiger partial charge in [-0.15, -0.1) is 0 Å². The fourth-order valence-corrected chi connectivity index (χ4v) is 14.5. The van der Waals surface area contributed by atoms with Crippen molar-refractivity contribution in [2.75, 3.05) is 4.90 Å². The highest BCUT2D eigenvalue weighted by Crippen LogP contribution is 2.70. The molecule has 8 aromatic rings. The van der Waals surface area contributed by atoms with Crippen molar-refractivity contribution >= 4 is 17.1 Å². The van der Waals surface area contributed by atoms with Crippen LogP contribution in [0.5, 0.6) is 0 Å². The van der Waals surface area contributed by atoms with Gasteiger partial charge in [0, 0.05) is 27.9 Å². The lowest BCUT2D eigenvalue weighted by atomic mass is 9.38. The van der Waals surface area contributed by atoms with E-state index in [1.807, 2.05) is 0 Å². The number of hydrogen-bond donors (Lipinski definition) is 0. The minimum atomic E-state index is -0.474. The molecule has 4 bridgehead atoms. The number of rotatable bonds is 6. The molecule has 0 atom stereocenters. The average Bonchev–Trinajstić information content (AvgIpc) is 3.56. The highest BCUT2D eigenvalue weighted by Gasteiger charge is 2.63. The Balaban J connectivity index is 1.09. The van der Waals surface area contributed by atoms with E-state index in [-0.39, 0.29) is 10.8 Å². The molecule has 0 heterocycles. The first kappa shape index (κ1) is 37.1. The van der Waals surface area contributed by atoms with Gasteiger partial charge >= 0.3 is 0 Å². The molecule has 0 unspecified atom stereocenters. The summed E-state index contributed by atoms with van der Waals surface area (Å²) in [6.07, 6.45) is 6.76. The van der Waals surface area contributed by atoms with E-state index in [2.05, 4.69) is 219 Å². The van der Waals surface area contributed by atoms with Gasteiger partial charge in [0.1, 0.15) is 0 Å². The first-order valence-corrected chi connectivity index (χ1v) is 23.5. The predicted molar refractivity (Wildman–Crippen MR) is 260 cm³/mol. The van der Waals surface area contributed by atoms with Crippen LogP contribution in [0.25, 0.3) is 22.3 Å². The van der Waals surface area contributed by atoms with Gasteiger partial charge in [-0.1, -0.05) is 178 Å². The van der Waals surface area contributed by atoms with Crippen LogP contribution in [0.4, 0.5) is 17.1 Å². The highest BCUT2D eigenvalue weighted by atomic mass is 15.1. The molecule has 6 aliphatic carbocycles. The molecule has 1 heteroatoms. The Labute approximate surface area is 373 Å². The summed E-state index contributed by atoms with van der Waals surface area (Å²) in [5.74, 6) is 2.94. The molecule has 6 aliphatic rings. The van der Waals surface area contributed by atoms with Gasteiger partial charge in [0.25, 0.3) is 0 Å². The van der Waals surface area contributed by atoms with E-state index >= 15 is 0 Å². The summed E-state index contributed by atoms with van der Waals surface area (Å²) in [4.78, 5) is 2.57. The Kier molecular flexibility index (Phi) is 8.12. The Morgan fingerprint density at radius 1 is 0.365 bits per heavy atom. The predicted octanol–water partition coefficient (Wildman–Crippen LogP) is 15.6. The molecule has 1 nitrogen and oxygen atoms in total. The van der Waals surface area contributed by atoms with E-state index in [1.165, 1.54) is 105 Å². The maximum absolute atomic E-state index is 2.70. The summed E-state index contributed by atoms with van der Waals surface area (Å²) >= 11 is 0. The maximum Gasteiger partial charge on any atom is 0.0707 e. The molecule has 0 N–H and O–H groups in total. The lowest BCUT2D eigenvalue weighted by molar-refractivity contribution is -0.0440. The molecule has 0 saturated heterocycles. The first-order chi connectivity index (χ1) is 31.0. The second-order valence-corrected chi connectivity index (χ2v) is 20.1. The van der Waals surface area contributed by atoms with E-state index in [9.17, 15) is 0 Å². The van der Waals surface area contributed by atoms with Crippen molar-refractivity contribution in [1.82, 2.24) is 0 Å². The van der Waals surface area contributed by atoms with Gasteiger partial charge in [0.2, 0.25) is 0 Å². The van der Waals surface area contributed by atoms with Gasteiger partial charge in [-0.05, 0) is 159 Å². The smallest absolute Gasteiger partial charge is 0.0707 e. The molecule has 63 heavy (non-hydrogen) atoms. The molecule has 0 aliphatic heterocycles. The van der Waals surface area contributed by atoms with Crippen LogP contribution >= 0.6 is 0 Å². The number of anilines is 3. The van der Waals surface area contributed by atoms with Gasteiger partial charge in [-0.25, -0.2) is 0 Å². The van der Waals surface area contributed by atoms with Crippen molar-refractivity contribution in [3.8, 4) is 22.3 Å². The molecule has 0 radical (unpaired) electrons. The van der Waals surface area contributed by atoms with Crippen molar-refractivity contribution < 1.29 is 0 Å². The molecule has 0 amide bonds. The maximum atomic E-state index is 2.70. The van der Waals surface area contributed by atoms with Gasteiger partial charge in [-0.3, -0.25) is 0 Å². The second kappa shape index (κ2) is 13.8. The van der Waals surface area contributed by atoms with Crippen molar-refractivity contribution in [2.45, 2.75) is 62.2 Å². The molecule has 306 valence electrons. The van der Waals surface area contributed by atoms with Crippen molar-refractivity contribution in [1.29, 1.82) is 0 Å². The third kappa shape index (κ3) is 5.17. The van der Waals surface area contributed by atoms with Crippen LogP contribution in [0.15, 0.2) is 200 Å². The van der Waals surface area contributed by atoms with E-state index in [4.69, 9.17) is 0 Å². The first-order valence-electron chi connectivity index (χ1n) is 23.5. The third-order valence-corrected chi connectivity index (χ3v) is 16.8. The zero-order chi connectivity index (χ0) is 41.9. The number of hydrogen-bond acceptors (Lipinski definition) is 1. The van der Waals surface area contributed by atoms with E-state index in [0.717, 1.165) is 11.8 Å². The SMILES string of the molecule is CC1(C)c2ccccc2-c2ccc(N(c3ccc(-c4ccccc4)cc3)c3ccc4c(c3)C3(c5ccccc5C4(c4ccccc4)c4ccccc4)C4CC5CC(C4)CC3C5)cc21. The summed E-state index contributed by atoms with van der Waals surface area (Å²) in [5, 5.41) is 0. The Bertz CT molecular complexity index is 2960. The summed E-state index contributed by atoms with van der Waals surface area (Å²) in [7, 11) is 0. The van der Waals surface area contributed by atoms with Gasteiger partial charge < -0.3 is 4.90 Å².